The molecule has 0 aromatic heterocycles. The highest BCUT2D eigenvalue weighted by atomic mass is 16.6. The summed E-state index contributed by atoms with van der Waals surface area (Å²) in [5.41, 5.74) is 2.66. The number of fused-ring (bicyclic) bond motifs is 2. The molecule has 0 saturated heterocycles. The third kappa shape index (κ3) is 9.17. The average Bonchev–Trinajstić information content (AvgIpc) is 3.63. The molecule has 3 aliphatic heterocycles. The van der Waals surface area contributed by atoms with Crippen molar-refractivity contribution in [3.05, 3.63) is 85.2 Å². The normalized spacial score (nSPS) is 20.8. The van der Waals surface area contributed by atoms with Crippen LogP contribution >= 0.6 is 0 Å². The molecule has 0 spiro atoms. The third-order valence-corrected chi connectivity index (χ3v) is 15.3. The van der Waals surface area contributed by atoms with Gasteiger partial charge in [-0.1, -0.05) is 20.8 Å². The largest absolute Gasteiger partial charge is 0.507 e. The Bertz CT molecular complexity index is 2830. The number of phenolic OH excluding ortho intramolecular Hbond substituents is 2. The van der Waals surface area contributed by atoms with Crippen molar-refractivity contribution < 1.29 is 58.2 Å². The van der Waals surface area contributed by atoms with Gasteiger partial charge in [0.05, 0.1) is 46.7 Å². The number of hydrogen-bond acceptors (Lipinski definition) is 14. The quantitative estimate of drug-likeness (QED) is 0.0931. The van der Waals surface area contributed by atoms with Crippen molar-refractivity contribution in [2.24, 2.45) is 10.5 Å². The maximum Gasteiger partial charge on any atom is 0.350 e. The molecular weight excluding hydrogens is 921 g/mol. The Balaban J connectivity index is 1.20. The second-order valence-electron chi connectivity index (χ2n) is 21.7. The molecule has 4 aliphatic rings. The van der Waals surface area contributed by atoms with Crippen molar-refractivity contribution in [2.45, 2.75) is 153 Å². The van der Waals surface area contributed by atoms with Gasteiger partial charge in [-0.3, -0.25) is 14.4 Å². The molecule has 2 atom stereocenters. The first kappa shape index (κ1) is 53.0. The zero-order valence-corrected chi connectivity index (χ0v) is 44.5. The lowest BCUT2D eigenvalue weighted by molar-refractivity contribution is -0.162. The number of aliphatic hydroxyl groups excluding tert-OH is 1. The van der Waals surface area contributed by atoms with E-state index in [1.54, 1.807) is 66.7 Å². The lowest BCUT2D eigenvalue weighted by Crippen LogP contribution is -2.47. The number of esters is 2. The van der Waals surface area contributed by atoms with E-state index in [2.05, 4.69) is 10.4 Å². The van der Waals surface area contributed by atoms with Crippen LogP contribution in [-0.4, -0.2) is 98.6 Å². The summed E-state index contributed by atoms with van der Waals surface area (Å²) in [4.78, 5) is 71.4. The second kappa shape index (κ2) is 19.0. The van der Waals surface area contributed by atoms with Crippen molar-refractivity contribution in [3.8, 4) is 23.0 Å². The summed E-state index contributed by atoms with van der Waals surface area (Å²) in [6.45, 7) is 26.7. The number of amides is 2. The van der Waals surface area contributed by atoms with Gasteiger partial charge in [0, 0.05) is 40.6 Å². The Kier molecular flexibility index (Phi) is 14.0. The van der Waals surface area contributed by atoms with Crippen molar-refractivity contribution in [2.75, 3.05) is 36.5 Å². The van der Waals surface area contributed by atoms with E-state index >= 15 is 0 Å². The molecule has 4 N–H and O–H groups in total. The highest BCUT2D eigenvalue weighted by molar-refractivity contribution is 6.44. The van der Waals surface area contributed by atoms with Gasteiger partial charge in [0.2, 0.25) is 22.9 Å². The number of nitrogens with one attached hydrogen (secondary N) is 1. The monoisotopic (exact) mass is 990 g/mol. The summed E-state index contributed by atoms with van der Waals surface area (Å²) in [5, 5.41) is 41.7. The van der Waals surface area contributed by atoms with Crippen LogP contribution in [0, 0.1) is 47.0 Å². The van der Waals surface area contributed by atoms with Gasteiger partial charge in [0.25, 0.3) is 5.91 Å². The van der Waals surface area contributed by atoms with Crippen LogP contribution in [0.1, 0.15) is 132 Å². The van der Waals surface area contributed by atoms with Crippen molar-refractivity contribution in [3.63, 3.8) is 0 Å². The van der Waals surface area contributed by atoms with Gasteiger partial charge in [0.1, 0.15) is 42.0 Å². The number of carbonyl (C=O) groups is 5. The molecule has 72 heavy (non-hydrogen) atoms. The molecule has 16 nitrogen and oxygen atoms in total. The molecule has 2 unspecified atom stereocenters. The first-order valence-corrected chi connectivity index (χ1v) is 24.7. The zero-order chi connectivity index (χ0) is 53.3. The number of ether oxygens (including phenoxy) is 4. The summed E-state index contributed by atoms with van der Waals surface area (Å²) >= 11 is 0. The van der Waals surface area contributed by atoms with Crippen molar-refractivity contribution in [1.29, 1.82) is 0 Å². The molecule has 3 aromatic rings. The molecule has 3 heterocycles. The Morgan fingerprint density at radius 2 is 1.22 bits per heavy atom. The maximum absolute atomic E-state index is 14.1. The summed E-state index contributed by atoms with van der Waals surface area (Å²) in [6.07, 6.45) is 2.06. The minimum Gasteiger partial charge on any atom is -0.507 e. The number of benzene rings is 3. The lowest BCUT2D eigenvalue weighted by Gasteiger charge is -2.36. The molecule has 386 valence electrons. The highest BCUT2D eigenvalue weighted by Crippen LogP contribution is 2.47. The van der Waals surface area contributed by atoms with Gasteiger partial charge >= 0.3 is 11.9 Å². The fraction of sp³-hybridized carbons (Fsp3) is 0.500. The fourth-order valence-electron chi connectivity index (χ4n) is 9.59. The van der Waals surface area contributed by atoms with Crippen LogP contribution in [0.5, 0.6) is 23.0 Å². The number of rotatable bonds is 13. The summed E-state index contributed by atoms with van der Waals surface area (Å²) < 4.78 is 24.7. The molecule has 0 bridgehead atoms. The van der Waals surface area contributed by atoms with Crippen LogP contribution in [0.15, 0.2) is 40.2 Å². The Hall–Kier alpha value is -6.84. The van der Waals surface area contributed by atoms with Crippen LogP contribution in [0.4, 0.5) is 11.4 Å². The number of Topliss-reactive ketones (excluding diaryl/α,β-unsaturated/α-hetero) is 1. The van der Waals surface area contributed by atoms with Gasteiger partial charge in [-0.2, -0.15) is 5.10 Å². The topological polar surface area (TPSA) is 214 Å². The molecule has 0 fully saturated rings. The fourth-order valence-corrected chi connectivity index (χ4v) is 9.59. The van der Waals surface area contributed by atoms with Crippen LogP contribution in [0.3, 0.4) is 0 Å². The Labute approximate surface area is 422 Å². The Morgan fingerprint density at radius 1 is 0.736 bits per heavy atom. The van der Waals surface area contributed by atoms with Gasteiger partial charge in [-0.15, -0.1) is 0 Å². The number of aromatic hydroxyl groups is 2. The van der Waals surface area contributed by atoms with Crippen LogP contribution in [-0.2, 0) is 46.3 Å². The minimum absolute atomic E-state index is 0.00785. The van der Waals surface area contributed by atoms with Gasteiger partial charge in [0.15, 0.2) is 0 Å². The molecule has 1 aliphatic carbocycles. The number of nitrogens with zero attached hydrogens (tertiary/aromatic N) is 3. The number of anilines is 2. The van der Waals surface area contributed by atoms with E-state index in [4.69, 9.17) is 18.9 Å². The van der Waals surface area contributed by atoms with Crippen LogP contribution in [0.2, 0.25) is 0 Å². The first-order valence-electron chi connectivity index (χ1n) is 24.7. The van der Waals surface area contributed by atoms with Crippen LogP contribution < -0.4 is 19.7 Å². The number of carbonyl (C=O) groups excluding carboxylic acids is 5. The summed E-state index contributed by atoms with van der Waals surface area (Å²) in [7, 11) is 0. The smallest absolute Gasteiger partial charge is 0.350 e. The van der Waals surface area contributed by atoms with E-state index in [0.29, 0.717) is 77.3 Å². The van der Waals surface area contributed by atoms with E-state index in [0.717, 1.165) is 22.3 Å². The molecule has 0 radical (unpaired) electrons. The number of ketones is 1. The number of aliphatic hydroxyl groups is 1. The van der Waals surface area contributed by atoms with E-state index < -0.39 is 51.5 Å². The van der Waals surface area contributed by atoms with Gasteiger partial charge in [-0.05, 0) is 154 Å². The molecule has 0 saturated carbocycles. The van der Waals surface area contributed by atoms with E-state index in [1.165, 1.54) is 5.01 Å². The number of hydrogen-bond donors (Lipinski definition) is 4. The predicted molar refractivity (Wildman–Crippen MR) is 274 cm³/mol. The zero-order valence-electron chi connectivity index (χ0n) is 44.5. The summed E-state index contributed by atoms with van der Waals surface area (Å²) in [6, 6.07) is 4.92. The second-order valence-corrected chi connectivity index (χ2v) is 21.7. The summed E-state index contributed by atoms with van der Waals surface area (Å²) in [5.74, 6) is -1.53. The Morgan fingerprint density at radius 3 is 1.65 bits per heavy atom. The van der Waals surface area contributed by atoms with E-state index in [1.807, 2.05) is 60.3 Å². The molecule has 16 heteroatoms. The molecular formula is C56H70N4O12. The van der Waals surface area contributed by atoms with Gasteiger partial charge in [-0.25, -0.2) is 14.6 Å². The highest BCUT2D eigenvalue weighted by Gasteiger charge is 2.47. The minimum atomic E-state index is -1.33. The number of phenols is 2. The first-order chi connectivity index (χ1) is 33.5. The van der Waals surface area contributed by atoms with Crippen molar-refractivity contribution >= 4 is 52.2 Å². The van der Waals surface area contributed by atoms with E-state index in [-0.39, 0.29) is 71.7 Å². The molecule has 3 aromatic carbocycles. The average molecular weight is 991 g/mol. The van der Waals surface area contributed by atoms with Crippen molar-refractivity contribution in [1.82, 2.24) is 5.01 Å². The van der Waals surface area contributed by atoms with Crippen LogP contribution in [0.25, 0.3) is 5.57 Å². The standard InChI is InChI=1S/C56H70N4O12/c1-16-54(12,13)50(66)57-39-27-35(17-18-38(39)41-45(63)42(46(41)64)40-34(8)58-60(49(40)65)53(9,10)11)59(23-25-69-51(67)55(14)21-19-36-32(6)43(61)28(2)30(4)47(36)71-55)24-26-70-52(68)56(15)22-20-37-33(7)44(62)29(3)31(5)48(37)72-56/h17-18,27,61-63H,16,19-26H2,1-15H3,(H,57,66)/b42-40-. The lowest BCUT2D eigenvalue weighted by atomic mass is 9.79. The molecule has 2 amide bonds. The predicted octanol–water partition coefficient (Wildman–Crippen LogP) is 8.95. The van der Waals surface area contributed by atoms with E-state index in [9.17, 15) is 39.3 Å². The van der Waals surface area contributed by atoms with Gasteiger partial charge < -0.3 is 44.5 Å². The number of hydrazone groups is 1. The maximum atomic E-state index is 14.1. The molecule has 7 rings (SSSR count). The third-order valence-electron chi connectivity index (χ3n) is 15.3. The SMILES string of the molecule is CCC(C)(C)C(=O)Nc1cc(N(CCOC(=O)C2(C)CCc3c(C)c(O)c(C)c(C)c3O2)CCOC(=O)C2(C)CCc3c(C)c(O)c(C)c(C)c3O2)ccc1C1=C(O)/C(=C2/C(=O)N(C(C)(C)C)N=C2C)C1=O. The number of allylic oxidation sites excluding steroid dienone is 2.